The molecular weight excluding hydrogens is 425 g/mol. The van der Waals surface area contributed by atoms with Crippen molar-refractivity contribution in [1.82, 2.24) is 15.3 Å². The van der Waals surface area contributed by atoms with Crippen LogP contribution in [0.4, 0.5) is 0 Å². The second-order valence-corrected chi connectivity index (χ2v) is 7.57. The third kappa shape index (κ3) is 6.49. The maximum atomic E-state index is 12.5. The molecule has 0 spiro atoms. The number of nitrogens with zero attached hydrogens (tertiary/aromatic N) is 1. The number of rotatable bonds is 10. The van der Waals surface area contributed by atoms with Gasteiger partial charge in [-0.2, -0.15) is 0 Å². The Bertz CT molecular complexity index is 936. The van der Waals surface area contributed by atoms with E-state index in [2.05, 4.69) is 15.3 Å². The first kappa shape index (κ1) is 22.2. The summed E-state index contributed by atoms with van der Waals surface area (Å²) in [6.07, 6.45) is 3.24. The van der Waals surface area contributed by atoms with Gasteiger partial charge in [0.1, 0.15) is 11.4 Å². The quantitative estimate of drug-likeness (QED) is 0.463. The number of H-pyrrole nitrogens is 1. The van der Waals surface area contributed by atoms with E-state index in [-0.39, 0.29) is 18.1 Å². The van der Waals surface area contributed by atoms with Gasteiger partial charge in [0.15, 0.2) is 0 Å². The number of nitrogens with one attached hydrogen (secondary N) is 2. The number of aromatic nitrogens is 2. The fraction of sp³-hybridized carbons (Fsp3) is 0.273. The molecule has 2 atom stereocenters. The van der Waals surface area contributed by atoms with Crippen LogP contribution >= 0.6 is 23.2 Å². The van der Waals surface area contributed by atoms with Crippen LogP contribution in [0.3, 0.4) is 0 Å². The van der Waals surface area contributed by atoms with Crippen LogP contribution in [0.2, 0.25) is 10.0 Å². The molecule has 0 aliphatic rings. The molecule has 1 aromatic heterocycles. The van der Waals surface area contributed by atoms with E-state index in [9.17, 15) is 4.79 Å². The molecule has 3 rings (SSSR count). The summed E-state index contributed by atoms with van der Waals surface area (Å²) in [4.78, 5) is 19.2. The summed E-state index contributed by atoms with van der Waals surface area (Å²) in [5.74, 6) is 0.364. The smallest absolute Gasteiger partial charge is 0.269 e. The lowest BCUT2D eigenvalue weighted by molar-refractivity contribution is 0.0212. The number of hydrogen-bond acceptors (Lipinski definition) is 4. The van der Waals surface area contributed by atoms with Crippen molar-refractivity contribution in [2.75, 3.05) is 6.61 Å². The molecule has 0 unspecified atom stereocenters. The summed E-state index contributed by atoms with van der Waals surface area (Å²) < 4.78 is 11.8. The number of halogens is 2. The number of aromatic amines is 1. The number of amides is 1. The van der Waals surface area contributed by atoms with Gasteiger partial charge in [0.05, 0.1) is 47.9 Å². The molecule has 0 radical (unpaired) electrons. The zero-order valence-electron chi connectivity index (χ0n) is 16.5. The summed E-state index contributed by atoms with van der Waals surface area (Å²) in [5.41, 5.74) is 1.45. The van der Waals surface area contributed by atoms with Gasteiger partial charge in [0.25, 0.3) is 5.91 Å². The predicted octanol–water partition coefficient (Wildman–Crippen LogP) is 4.89. The molecule has 0 aliphatic heterocycles. The highest BCUT2D eigenvalue weighted by Gasteiger charge is 2.22. The van der Waals surface area contributed by atoms with Crippen LogP contribution < -0.4 is 10.1 Å². The van der Waals surface area contributed by atoms with Crippen molar-refractivity contribution in [2.24, 2.45) is 0 Å². The average Bonchev–Trinajstić information content (AvgIpc) is 3.29. The highest BCUT2D eigenvalue weighted by molar-refractivity contribution is 6.42. The molecule has 30 heavy (non-hydrogen) atoms. The molecule has 0 saturated carbocycles. The Balaban J connectivity index is 1.60. The minimum Gasteiger partial charge on any atom is -0.493 e. The van der Waals surface area contributed by atoms with Gasteiger partial charge < -0.3 is 19.8 Å². The first-order valence-electron chi connectivity index (χ1n) is 9.55. The highest BCUT2D eigenvalue weighted by atomic mass is 35.5. The lowest BCUT2D eigenvalue weighted by Crippen LogP contribution is -2.44. The maximum absolute atomic E-state index is 12.5. The second kappa shape index (κ2) is 11.0. The summed E-state index contributed by atoms with van der Waals surface area (Å²) >= 11 is 12.0. The van der Waals surface area contributed by atoms with Gasteiger partial charge in [-0.15, -0.1) is 0 Å². The standard InChI is InChI=1S/C22H23Cl2N3O3/c1-15(30-13-16-5-3-2-4-6-16)20(27-22(28)21-12-25-14-26-21)9-10-29-17-7-8-18(23)19(24)11-17/h2-8,11-12,14-15,20H,9-10,13H2,1H3,(H,25,26)(H,27,28)/t15-,20+/m0/s1. The Morgan fingerprint density at radius 1 is 1.17 bits per heavy atom. The lowest BCUT2D eigenvalue weighted by atomic mass is 10.1. The molecule has 0 aliphatic carbocycles. The van der Waals surface area contributed by atoms with Crippen molar-refractivity contribution in [2.45, 2.75) is 32.1 Å². The molecule has 0 bridgehead atoms. The van der Waals surface area contributed by atoms with Crippen LogP contribution in [0.15, 0.2) is 61.1 Å². The lowest BCUT2D eigenvalue weighted by Gasteiger charge is -2.25. The van der Waals surface area contributed by atoms with E-state index < -0.39 is 0 Å². The molecular formula is C22H23Cl2N3O3. The van der Waals surface area contributed by atoms with Crippen LogP contribution in [0.25, 0.3) is 0 Å². The zero-order chi connectivity index (χ0) is 21.3. The van der Waals surface area contributed by atoms with Crippen LogP contribution in [0.1, 0.15) is 29.4 Å². The third-order valence-corrected chi connectivity index (χ3v) is 5.31. The fourth-order valence-corrected chi connectivity index (χ4v) is 3.13. The first-order valence-corrected chi connectivity index (χ1v) is 10.3. The molecule has 2 aromatic carbocycles. The van der Waals surface area contributed by atoms with Gasteiger partial charge in [-0.05, 0) is 24.6 Å². The summed E-state index contributed by atoms with van der Waals surface area (Å²) in [5, 5.41) is 3.90. The Hall–Kier alpha value is -2.54. The van der Waals surface area contributed by atoms with E-state index >= 15 is 0 Å². The third-order valence-electron chi connectivity index (χ3n) is 4.57. The van der Waals surface area contributed by atoms with E-state index in [1.807, 2.05) is 37.3 Å². The van der Waals surface area contributed by atoms with E-state index in [0.29, 0.717) is 41.1 Å². The molecule has 158 valence electrons. The molecule has 2 N–H and O–H groups in total. The van der Waals surface area contributed by atoms with Crippen molar-refractivity contribution in [1.29, 1.82) is 0 Å². The normalized spacial score (nSPS) is 12.9. The fourth-order valence-electron chi connectivity index (χ4n) is 2.84. The highest BCUT2D eigenvalue weighted by Crippen LogP contribution is 2.26. The Morgan fingerprint density at radius 2 is 1.97 bits per heavy atom. The number of carbonyl (C=O) groups is 1. The molecule has 0 saturated heterocycles. The van der Waals surface area contributed by atoms with Crippen molar-refractivity contribution in [3.8, 4) is 5.75 Å². The van der Waals surface area contributed by atoms with E-state index in [1.54, 1.807) is 18.2 Å². The molecule has 6 nitrogen and oxygen atoms in total. The Kier molecular flexibility index (Phi) is 8.13. The molecule has 8 heteroatoms. The molecule has 0 fully saturated rings. The van der Waals surface area contributed by atoms with Crippen LogP contribution in [-0.2, 0) is 11.3 Å². The number of ether oxygens (including phenoxy) is 2. The van der Waals surface area contributed by atoms with E-state index in [1.165, 1.54) is 12.5 Å². The van der Waals surface area contributed by atoms with Gasteiger partial charge in [0.2, 0.25) is 0 Å². The van der Waals surface area contributed by atoms with Gasteiger partial charge in [-0.1, -0.05) is 53.5 Å². The molecule has 3 aromatic rings. The van der Waals surface area contributed by atoms with Crippen molar-refractivity contribution >= 4 is 29.1 Å². The topological polar surface area (TPSA) is 76.2 Å². The number of hydrogen-bond donors (Lipinski definition) is 2. The Labute approximate surface area is 185 Å². The summed E-state index contributed by atoms with van der Waals surface area (Å²) in [6, 6.07) is 14.7. The average molecular weight is 448 g/mol. The molecule has 1 amide bonds. The number of benzene rings is 2. The summed E-state index contributed by atoms with van der Waals surface area (Å²) in [7, 11) is 0. The van der Waals surface area contributed by atoms with Gasteiger partial charge in [0, 0.05) is 12.5 Å². The van der Waals surface area contributed by atoms with E-state index in [0.717, 1.165) is 5.56 Å². The van der Waals surface area contributed by atoms with E-state index in [4.69, 9.17) is 32.7 Å². The van der Waals surface area contributed by atoms with Crippen molar-refractivity contribution in [3.63, 3.8) is 0 Å². The first-order chi connectivity index (χ1) is 14.5. The van der Waals surface area contributed by atoms with Gasteiger partial charge in [-0.3, -0.25) is 4.79 Å². The minimum absolute atomic E-state index is 0.241. The largest absolute Gasteiger partial charge is 0.493 e. The van der Waals surface area contributed by atoms with Crippen LogP contribution in [0.5, 0.6) is 5.75 Å². The van der Waals surface area contributed by atoms with Crippen LogP contribution in [-0.4, -0.2) is 34.6 Å². The van der Waals surface area contributed by atoms with Crippen molar-refractivity contribution < 1.29 is 14.3 Å². The number of carbonyl (C=O) groups excluding carboxylic acids is 1. The molecule has 1 heterocycles. The number of imidazole rings is 1. The second-order valence-electron chi connectivity index (χ2n) is 6.76. The van der Waals surface area contributed by atoms with Crippen LogP contribution in [0, 0.1) is 0 Å². The SMILES string of the molecule is C[C@H](OCc1ccccc1)[C@@H](CCOc1ccc(Cl)c(Cl)c1)NC(=O)c1cnc[nH]1. The maximum Gasteiger partial charge on any atom is 0.269 e. The predicted molar refractivity (Wildman–Crippen MR) is 117 cm³/mol. The van der Waals surface area contributed by atoms with Gasteiger partial charge in [-0.25, -0.2) is 4.98 Å². The minimum atomic E-state index is -0.271. The monoisotopic (exact) mass is 447 g/mol. The van der Waals surface area contributed by atoms with Crippen molar-refractivity contribution in [3.05, 3.63) is 82.4 Å². The van der Waals surface area contributed by atoms with Gasteiger partial charge >= 0.3 is 0 Å². The Morgan fingerprint density at radius 3 is 2.67 bits per heavy atom. The zero-order valence-corrected chi connectivity index (χ0v) is 18.0. The summed E-state index contributed by atoms with van der Waals surface area (Å²) in [6.45, 7) is 2.75.